The molecule has 1 heterocycles. The molecule has 1 aliphatic carbocycles. The van der Waals surface area contributed by atoms with Crippen molar-refractivity contribution >= 4 is 27.5 Å². The van der Waals surface area contributed by atoms with E-state index >= 15 is 0 Å². The molecule has 0 spiro atoms. The summed E-state index contributed by atoms with van der Waals surface area (Å²) in [6.07, 6.45) is 6.52. The van der Waals surface area contributed by atoms with Crippen LogP contribution in [0.3, 0.4) is 0 Å². The minimum absolute atomic E-state index is 0.445. The average Bonchev–Trinajstić information content (AvgIpc) is 3.26. The van der Waals surface area contributed by atoms with Crippen molar-refractivity contribution in [1.82, 2.24) is 4.90 Å². The molecule has 2 nitrogen and oxygen atoms in total. The molecule has 1 aromatic carbocycles. The Morgan fingerprint density at radius 3 is 2.70 bits per heavy atom. The van der Waals surface area contributed by atoms with Crippen LogP contribution in [0.4, 0.5) is 0 Å². The summed E-state index contributed by atoms with van der Waals surface area (Å²) >= 11 is 9.80. The SMILES string of the molecule is NCC1CCCCN(C2CC2)C1c1ccc(Br)c(Cl)c1. The van der Waals surface area contributed by atoms with Crippen molar-refractivity contribution in [2.24, 2.45) is 11.7 Å². The molecule has 0 amide bonds. The van der Waals surface area contributed by atoms with Crippen LogP contribution in [0.2, 0.25) is 5.02 Å². The maximum atomic E-state index is 6.31. The Morgan fingerprint density at radius 2 is 2.05 bits per heavy atom. The van der Waals surface area contributed by atoms with Gasteiger partial charge in [-0.25, -0.2) is 0 Å². The van der Waals surface area contributed by atoms with Gasteiger partial charge in [0.1, 0.15) is 0 Å². The molecule has 0 radical (unpaired) electrons. The molecule has 1 saturated carbocycles. The van der Waals surface area contributed by atoms with E-state index in [1.807, 2.05) is 0 Å². The van der Waals surface area contributed by atoms with Crippen molar-refractivity contribution in [2.75, 3.05) is 13.1 Å². The van der Waals surface area contributed by atoms with Gasteiger partial charge in [-0.05, 0) is 78.3 Å². The van der Waals surface area contributed by atoms with E-state index in [9.17, 15) is 0 Å². The third kappa shape index (κ3) is 3.06. The van der Waals surface area contributed by atoms with Crippen LogP contribution < -0.4 is 5.73 Å². The van der Waals surface area contributed by atoms with Crippen molar-refractivity contribution in [3.05, 3.63) is 33.3 Å². The lowest BCUT2D eigenvalue weighted by Gasteiger charge is -2.35. The van der Waals surface area contributed by atoms with E-state index < -0.39 is 0 Å². The van der Waals surface area contributed by atoms with Crippen LogP contribution in [0.5, 0.6) is 0 Å². The Kier molecular flexibility index (Phi) is 4.71. The van der Waals surface area contributed by atoms with Gasteiger partial charge in [-0.1, -0.05) is 24.1 Å². The predicted molar refractivity (Wildman–Crippen MR) is 88.0 cm³/mol. The smallest absolute Gasteiger partial charge is 0.0551 e. The van der Waals surface area contributed by atoms with Crippen molar-refractivity contribution < 1.29 is 0 Å². The lowest BCUT2D eigenvalue weighted by molar-refractivity contribution is 0.149. The van der Waals surface area contributed by atoms with Gasteiger partial charge >= 0.3 is 0 Å². The van der Waals surface area contributed by atoms with Gasteiger partial charge in [-0.2, -0.15) is 0 Å². The third-order valence-corrected chi connectivity index (χ3v) is 5.88. The number of hydrogen-bond acceptors (Lipinski definition) is 2. The number of benzene rings is 1. The summed E-state index contributed by atoms with van der Waals surface area (Å²) in [5.74, 6) is 0.551. The monoisotopic (exact) mass is 356 g/mol. The molecule has 0 bridgehead atoms. The summed E-state index contributed by atoms with van der Waals surface area (Å²) in [4.78, 5) is 2.70. The van der Waals surface area contributed by atoms with Gasteiger partial charge in [-0.3, -0.25) is 4.90 Å². The summed E-state index contributed by atoms with van der Waals surface area (Å²) in [6.45, 7) is 1.97. The molecular formula is C16H22BrClN2. The highest BCUT2D eigenvalue weighted by Crippen LogP contribution is 2.42. The molecule has 2 N–H and O–H groups in total. The fourth-order valence-electron chi connectivity index (χ4n) is 3.49. The van der Waals surface area contributed by atoms with E-state index in [0.717, 1.165) is 22.1 Å². The Bertz CT molecular complexity index is 476. The van der Waals surface area contributed by atoms with Crippen LogP contribution in [-0.4, -0.2) is 24.0 Å². The van der Waals surface area contributed by atoms with Gasteiger partial charge in [-0.15, -0.1) is 0 Å². The molecule has 20 heavy (non-hydrogen) atoms. The van der Waals surface area contributed by atoms with Crippen molar-refractivity contribution in [1.29, 1.82) is 0 Å². The van der Waals surface area contributed by atoms with Gasteiger partial charge in [0.2, 0.25) is 0 Å². The van der Waals surface area contributed by atoms with E-state index in [-0.39, 0.29) is 0 Å². The highest BCUT2D eigenvalue weighted by molar-refractivity contribution is 9.10. The van der Waals surface area contributed by atoms with E-state index in [0.29, 0.717) is 12.0 Å². The van der Waals surface area contributed by atoms with Gasteiger partial charge in [0.15, 0.2) is 0 Å². The van der Waals surface area contributed by atoms with Gasteiger partial charge in [0.25, 0.3) is 0 Å². The minimum atomic E-state index is 0.445. The Labute approximate surface area is 134 Å². The predicted octanol–water partition coefficient (Wildman–Crippen LogP) is 4.37. The summed E-state index contributed by atoms with van der Waals surface area (Å²) in [6, 6.07) is 7.63. The molecule has 4 heteroatoms. The van der Waals surface area contributed by atoms with Crippen LogP contribution >= 0.6 is 27.5 Å². The molecule has 1 aliphatic heterocycles. The number of likely N-dealkylation sites (tertiary alicyclic amines) is 1. The van der Waals surface area contributed by atoms with E-state index in [1.165, 1.54) is 44.2 Å². The highest BCUT2D eigenvalue weighted by Gasteiger charge is 2.38. The lowest BCUT2D eigenvalue weighted by Crippen LogP contribution is -2.37. The van der Waals surface area contributed by atoms with E-state index in [2.05, 4.69) is 39.0 Å². The standard InChI is InChI=1S/C16H22BrClN2/c17-14-7-4-11(9-15(14)18)16-12(10-19)3-1-2-8-20(16)13-5-6-13/h4,7,9,12-13,16H,1-3,5-6,8,10,19H2. The van der Waals surface area contributed by atoms with E-state index in [1.54, 1.807) is 0 Å². The largest absolute Gasteiger partial charge is 0.330 e. The number of nitrogens with zero attached hydrogens (tertiary/aromatic N) is 1. The zero-order chi connectivity index (χ0) is 14.1. The molecular weight excluding hydrogens is 336 g/mol. The Hall–Kier alpha value is -0.0900. The maximum Gasteiger partial charge on any atom is 0.0551 e. The first kappa shape index (κ1) is 14.8. The number of rotatable bonds is 3. The quantitative estimate of drug-likeness (QED) is 0.870. The van der Waals surface area contributed by atoms with Gasteiger partial charge in [0.05, 0.1) is 5.02 Å². The Balaban J connectivity index is 1.95. The molecule has 110 valence electrons. The second-order valence-corrected chi connectivity index (χ2v) is 7.34. The van der Waals surface area contributed by atoms with Crippen molar-refractivity contribution in [2.45, 2.75) is 44.2 Å². The molecule has 1 saturated heterocycles. The summed E-state index contributed by atoms with van der Waals surface area (Å²) in [7, 11) is 0. The zero-order valence-electron chi connectivity index (χ0n) is 11.7. The molecule has 2 unspecified atom stereocenters. The van der Waals surface area contributed by atoms with Crippen molar-refractivity contribution in [3.8, 4) is 0 Å². The highest BCUT2D eigenvalue weighted by atomic mass is 79.9. The molecule has 2 fully saturated rings. The molecule has 2 atom stereocenters. The third-order valence-electron chi connectivity index (χ3n) is 4.65. The second-order valence-electron chi connectivity index (χ2n) is 6.08. The number of halogens is 2. The minimum Gasteiger partial charge on any atom is -0.330 e. The molecule has 2 aliphatic rings. The molecule has 0 aromatic heterocycles. The average molecular weight is 358 g/mol. The first-order valence-electron chi connectivity index (χ1n) is 7.61. The van der Waals surface area contributed by atoms with Crippen molar-refractivity contribution in [3.63, 3.8) is 0 Å². The fraction of sp³-hybridized carbons (Fsp3) is 0.625. The summed E-state index contributed by atoms with van der Waals surface area (Å²) < 4.78 is 0.971. The topological polar surface area (TPSA) is 29.3 Å². The Morgan fingerprint density at radius 1 is 1.25 bits per heavy atom. The second kappa shape index (κ2) is 6.35. The number of nitrogens with two attached hydrogens (primary N) is 1. The van der Waals surface area contributed by atoms with Crippen LogP contribution in [0, 0.1) is 5.92 Å². The normalized spacial score (nSPS) is 28.4. The van der Waals surface area contributed by atoms with Crippen LogP contribution in [0.1, 0.15) is 43.7 Å². The zero-order valence-corrected chi connectivity index (χ0v) is 14.0. The fourth-order valence-corrected chi connectivity index (χ4v) is 3.93. The maximum absolute atomic E-state index is 6.31. The first-order chi connectivity index (χ1) is 9.70. The van der Waals surface area contributed by atoms with E-state index in [4.69, 9.17) is 17.3 Å². The molecule has 3 rings (SSSR count). The van der Waals surface area contributed by atoms with Crippen LogP contribution in [0.15, 0.2) is 22.7 Å². The first-order valence-corrected chi connectivity index (χ1v) is 8.78. The van der Waals surface area contributed by atoms with Crippen LogP contribution in [0.25, 0.3) is 0 Å². The van der Waals surface area contributed by atoms with Gasteiger partial charge < -0.3 is 5.73 Å². The summed E-state index contributed by atoms with van der Waals surface area (Å²) in [5.41, 5.74) is 7.42. The molecule has 1 aromatic rings. The lowest BCUT2D eigenvalue weighted by atomic mass is 9.89. The van der Waals surface area contributed by atoms with Gasteiger partial charge in [0, 0.05) is 16.6 Å². The number of hydrogen-bond donors (Lipinski definition) is 1. The summed E-state index contributed by atoms with van der Waals surface area (Å²) in [5, 5.41) is 0.804. The van der Waals surface area contributed by atoms with Crippen LogP contribution in [-0.2, 0) is 0 Å².